The van der Waals surface area contributed by atoms with E-state index in [0.717, 1.165) is 49.6 Å². The predicted molar refractivity (Wildman–Crippen MR) is 108 cm³/mol. The van der Waals surface area contributed by atoms with Gasteiger partial charge in [-0.05, 0) is 61.2 Å². The predicted octanol–water partition coefficient (Wildman–Crippen LogP) is 3.87. The molecule has 3 rings (SSSR count). The van der Waals surface area contributed by atoms with Gasteiger partial charge in [-0.15, -0.1) is 0 Å². The van der Waals surface area contributed by atoms with Crippen molar-refractivity contribution < 1.29 is 5.11 Å². The van der Waals surface area contributed by atoms with Crippen LogP contribution in [0.25, 0.3) is 0 Å². The Balaban J connectivity index is 1.53. The number of nitrogens with zero attached hydrogens (tertiary/aromatic N) is 1. The Morgan fingerprint density at radius 1 is 1.16 bits per heavy atom. The molecule has 25 heavy (non-hydrogen) atoms. The monoisotopic (exact) mass is 374 g/mol. The van der Waals surface area contributed by atoms with Gasteiger partial charge in [-0.1, -0.05) is 47.5 Å². The average molecular weight is 375 g/mol. The first kappa shape index (κ1) is 18.0. The molecule has 1 heterocycles. The Morgan fingerprint density at radius 3 is 2.64 bits per heavy atom. The van der Waals surface area contributed by atoms with Crippen molar-refractivity contribution in [1.82, 2.24) is 10.2 Å². The van der Waals surface area contributed by atoms with Crippen molar-refractivity contribution in [3.8, 4) is 5.75 Å². The first-order valence-electron chi connectivity index (χ1n) is 8.62. The highest BCUT2D eigenvalue weighted by atomic mass is 35.5. The fraction of sp³-hybridized carbons (Fsp3) is 0.350. The maximum Gasteiger partial charge on any atom is 0.168 e. The van der Waals surface area contributed by atoms with Crippen molar-refractivity contribution >= 4 is 28.9 Å². The van der Waals surface area contributed by atoms with Gasteiger partial charge >= 0.3 is 0 Å². The van der Waals surface area contributed by atoms with Gasteiger partial charge in [0.2, 0.25) is 0 Å². The number of phenolic OH excluding ortho intramolecular Hbond substituents is 1. The van der Waals surface area contributed by atoms with Crippen LogP contribution in [-0.2, 0) is 19.3 Å². The zero-order chi connectivity index (χ0) is 17.8. The second kappa shape index (κ2) is 8.07. The van der Waals surface area contributed by atoms with Crippen LogP contribution in [0.1, 0.15) is 22.3 Å². The molecular formula is C20H23ClN2OS. The molecule has 2 aromatic rings. The molecule has 0 saturated carbocycles. The van der Waals surface area contributed by atoms with Crippen molar-refractivity contribution in [2.75, 3.05) is 19.6 Å². The highest BCUT2D eigenvalue weighted by Crippen LogP contribution is 2.31. The number of aryl methyl sites for hydroxylation is 1. The first-order chi connectivity index (χ1) is 12.0. The maximum absolute atomic E-state index is 9.80. The number of rotatable bonds is 3. The van der Waals surface area contributed by atoms with Crippen LogP contribution in [0.15, 0.2) is 36.4 Å². The molecule has 1 aliphatic rings. The Kier molecular flexibility index (Phi) is 5.82. The van der Waals surface area contributed by atoms with Gasteiger partial charge < -0.3 is 15.3 Å². The SMILES string of the molecule is Cc1ccc(CCNC(=S)N2CCc3ccc(O)c(Cl)c3CC2)cc1. The standard InChI is InChI=1S/C20H23ClN2OS/c1-14-2-4-15(5-3-14)8-11-22-20(25)23-12-9-16-6-7-18(24)19(21)17(16)10-13-23/h2-7,24H,8-13H2,1H3,(H,22,25). The molecule has 132 valence electrons. The van der Waals surface area contributed by atoms with E-state index in [9.17, 15) is 5.11 Å². The number of hydrogen-bond acceptors (Lipinski definition) is 2. The van der Waals surface area contributed by atoms with E-state index in [0.29, 0.717) is 5.02 Å². The Labute approximate surface area is 159 Å². The lowest BCUT2D eigenvalue weighted by atomic mass is 10.0. The third kappa shape index (κ3) is 4.44. The first-order valence-corrected chi connectivity index (χ1v) is 9.41. The van der Waals surface area contributed by atoms with E-state index < -0.39 is 0 Å². The molecule has 0 aliphatic carbocycles. The van der Waals surface area contributed by atoms with Gasteiger partial charge in [0.15, 0.2) is 5.11 Å². The molecule has 0 aromatic heterocycles. The van der Waals surface area contributed by atoms with Gasteiger partial charge in [-0.25, -0.2) is 0 Å². The number of halogens is 1. The molecule has 0 unspecified atom stereocenters. The van der Waals surface area contributed by atoms with Crippen LogP contribution in [-0.4, -0.2) is 34.8 Å². The van der Waals surface area contributed by atoms with Gasteiger partial charge in [0.05, 0.1) is 5.02 Å². The van der Waals surface area contributed by atoms with Crippen molar-refractivity contribution in [2.45, 2.75) is 26.2 Å². The van der Waals surface area contributed by atoms with E-state index in [1.165, 1.54) is 16.7 Å². The van der Waals surface area contributed by atoms with Crippen LogP contribution in [0.2, 0.25) is 5.02 Å². The number of nitrogens with one attached hydrogen (secondary N) is 1. The van der Waals surface area contributed by atoms with Gasteiger partial charge in [-0.2, -0.15) is 0 Å². The smallest absolute Gasteiger partial charge is 0.168 e. The Bertz CT molecular complexity index is 761. The summed E-state index contributed by atoms with van der Waals surface area (Å²) < 4.78 is 0. The van der Waals surface area contributed by atoms with Crippen LogP contribution in [0, 0.1) is 6.92 Å². The van der Waals surface area contributed by atoms with Crippen LogP contribution >= 0.6 is 23.8 Å². The summed E-state index contributed by atoms with van der Waals surface area (Å²) in [6, 6.07) is 12.2. The molecule has 2 aromatic carbocycles. The molecule has 0 fully saturated rings. The lowest BCUT2D eigenvalue weighted by molar-refractivity contribution is 0.431. The highest BCUT2D eigenvalue weighted by molar-refractivity contribution is 7.80. The zero-order valence-corrected chi connectivity index (χ0v) is 16.0. The lowest BCUT2D eigenvalue weighted by Gasteiger charge is -2.24. The Hall–Kier alpha value is -1.78. The molecule has 0 saturated heterocycles. The van der Waals surface area contributed by atoms with Crippen molar-refractivity contribution in [3.05, 3.63) is 63.7 Å². The van der Waals surface area contributed by atoms with Gasteiger partial charge in [0.1, 0.15) is 5.75 Å². The van der Waals surface area contributed by atoms with Crippen molar-refractivity contribution in [1.29, 1.82) is 0 Å². The second-order valence-corrected chi connectivity index (χ2v) is 7.26. The normalized spacial score (nSPS) is 13.9. The summed E-state index contributed by atoms with van der Waals surface area (Å²) in [4.78, 5) is 2.19. The summed E-state index contributed by atoms with van der Waals surface area (Å²) in [6.07, 6.45) is 2.63. The summed E-state index contributed by atoms with van der Waals surface area (Å²) in [5.41, 5.74) is 4.84. The van der Waals surface area contributed by atoms with Crippen LogP contribution in [0.3, 0.4) is 0 Å². The minimum Gasteiger partial charge on any atom is -0.506 e. The van der Waals surface area contributed by atoms with Gasteiger partial charge in [0.25, 0.3) is 0 Å². The molecular weight excluding hydrogens is 352 g/mol. The van der Waals surface area contributed by atoms with E-state index in [1.54, 1.807) is 6.07 Å². The zero-order valence-electron chi connectivity index (χ0n) is 14.4. The minimum absolute atomic E-state index is 0.160. The molecule has 0 radical (unpaired) electrons. The molecule has 0 atom stereocenters. The molecule has 0 bridgehead atoms. The molecule has 1 aliphatic heterocycles. The van der Waals surface area contributed by atoms with E-state index in [-0.39, 0.29) is 5.75 Å². The third-order valence-corrected chi connectivity index (χ3v) is 5.52. The van der Waals surface area contributed by atoms with Crippen LogP contribution < -0.4 is 5.32 Å². The summed E-state index contributed by atoms with van der Waals surface area (Å²) in [5, 5.41) is 14.4. The largest absolute Gasteiger partial charge is 0.506 e. The molecule has 5 heteroatoms. The maximum atomic E-state index is 9.80. The fourth-order valence-corrected chi connectivity index (χ4v) is 3.71. The topological polar surface area (TPSA) is 35.5 Å². The van der Waals surface area contributed by atoms with Gasteiger partial charge in [-0.3, -0.25) is 0 Å². The number of fused-ring (bicyclic) bond motifs is 1. The lowest BCUT2D eigenvalue weighted by Crippen LogP contribution is -2.41. The number of hydrogen-bond donors (Lipinski definition) is 2. The number of benzene rings is 2. The number of phenols is 1. The molecule has 0 spiro atoms. The van der Waals surface area contributed by atoms with E-state index >= 15 is 0 Å². The molecule has 0 amide bonds. The number of thiocarbonyl (C=S) groups is 1. The fourth-order valence-electron chi connectivity index (χ4n) is 3.15. The molecule has 2 N–H and O–H groups in total. The van der Waals surface area contributed by atoms with Crippen molar-refractivity contribution in [3.63, 3.8) is 0 Å². The minimum atomic E-state index is 0.160. The highest BCUT2D eigenvalue weighted by Gasteiger charge is 2.19. The quantitative estimate of drug-likeness (QED) is 0.799. The Morgan fingerprint density at radius 2 is 1.88 bits per heavy atom. The summed E-state index contributed by atoms with van der Waals surface area (Å²) in [6.45, 7) is 4.60. The summed E-state index contributed by atoms with van der Waals surface area (Å²) >= 11 is 11.8. The van der Waals surface area contributed by atoms with Crippen LogP contribution in [0.5, 0.6) is 5.75 Å². The third-order valence-electron chi connectivity index (χ3n) is 4.70. The van der Waals surface area contributed by atoms with Gasteiger partial charge in [0, 0.05) is 19.6 Å². The van der Waals surface area contributed by atoms with E-state index in [4.69, 9.17) is 23.8 Å². The van der Waals surface area contributed by atoms with E-state index in [1.807, 2.05) is 6.07 Å². The summed E-state index contributed by atoms with van der Waals surface area (Å²) in [7, 11) is 0. The second-order valence-electron chi connectivity index (χ2n) is 6.49. The average Bonchev–Trinajstić information content (AvgIpc) is 2.83. The van der Waals surface area contributed by atoms with E-state index in [2.05, 4.69) is 41.4 Å². The van der Waals surface area contributed by atoms with Crippen molar-refractivity contribution in [2.24, 2.45) is 0 Å². The summed E-state index contributed by atoms with van der Waals surface area (Å²) in [5.74, 6) is 0.160. The molecule has 3 nitrogen and oxygen atoms in total. The number of aromatic hydroxyl groups is 1. The van der Waals surface area contributed by atoms with Crippen LogP contribution in [0.4, 0.5) is 0 Å².